The zero-order chi connectivity index (χ0) is 12.0. The third-order valence-electron chi connectivity index (χ3n) is 2.45. The van der Waals surface area contributed by atoms with Gasteiger partial charge in [0.05, 0.1) is 0 Å². The van der Waals surface area contributed by atoms with Crippen LogP contribution in [0.25, 0.3) is 0 Å². The fraction of sp³-hybridized carbons (Fsp3) is 0.636. The van der Waals surface area contributed by atoms with Crippen LogP contribution in [0.15, 0.2) is 12.4 Å². The number of rotatable bonds is 6. The molecule has 1 aromatic rings. The lowest BCUT2D eigenvalue weighted by molar-refractivity contribution is 0.248. The molecular weight excluding hydrogens is 204 g/mol. The first-order valence-corrected chi connectivity index (χ1v) is 5.46. The lowest BCUT2D eigenvalue weighted by atomic mass is 9.88. The summed E-state index contributed by atoms with van der Waals surface area (Å²) in [6, 6.07) is 1.71. The van der Waals surface area contributed by atoms with Crippen molar-refractivity contribution in [1.29, 1.82) is 0 Å². The Morgan fingerprint density at radius 1 is 1.44 bits per heavy atom. The van der Waals surface area contributed by atoms with E-state index in [4.69, 9.17) is 10.8 Å². The molecule has 0 fully saturated rings. The summed E-state index contributed by atoms with van der Waals surface area (Å²) in [6.07, 6.45) is 3.23. The highest BCUT2D eigenvalue weighted by Gasteiger charge is 2.17. The maximum atomic E-state index is 8.79. The highest BCUT2D eigenvalue weighted by atomic mass is 16.2. The van der Waals surface area contributed by atoms with E-state index in [1.165, 1.54) is 6.33 Å². The molecule has 5 heteroatoms. The number of hydrogen-bond acceptors (Lipinski definition) is 5. The number of nitrogens with one attached hydrogen (secondary N) is 1. The van der Waals surface area contributed by atoms with Crippen LogP contribution in [-0.2, 0) is 0 Å². The van der Waals surface area contributed by atoms with E-state index in [1.807, 2.05) is 0 Å². The molecule has 0 radical (unpaired) electrons. The second-order valence-electron chi connectivity index (χ2n) is 4.67. The van der Waals surface area contributed by atoms with Crippen molar-refractivity contribution in [2.24, 2.45) is 5.41 Å². The van der Waals surface area contributed by atoms with Crippen LogP contribution >= 0.6 is 0 Å². The summed E-state index contributed by atoms with van der Waals surface area (Å²) in [5.41, 5.74) is 5.68. The number of nitrogens with zero attached hydrogens (tertiary/aromatic N) is 2. The topological polar surface area (TPSA) is 84.1 Å². The third-order valence-corrected chi connectivity index (χ3v) is 2.45. The zero-order valence-electron chi connectivity index (χ0n) is 9.90. The number of nitrogens with two attached hydrogens (primary N) is 1. The number of aromatic nitrogens is 2. The minimum Gasteiger partial charge on any atom is -0.396 e. The van der Waals surface area contributed by atoms with Gasteiger partial charge in [-0.05, 0) is 18.3 Å². The molecule has 0 unspecified atom stereocenters. The first-order valence-electron chi connectivity index (χ1n) is 5.46. The molecule has 90 valence electrons. The summed E-state index contributed by atoms with van der Waals surface area (Å²) in [5.74, 6) is 1.20. The summed E-state index contributed by atoms with van der Waals surface area (Å²) in [5, 5.41) is 12.0. The van der Waals surface area contributed by atoms with Crippen molar-refractivity contribution in [2.45, 2.75) is 26.7 Å². The number of anilines is 2. The summed E-state index contributed by atoms with van der Waals surface area (Å²) >= 11 is 0. The predicted octanol–water partition coefficient (Wildman–Crippen LogP) is 1.27. The zero-order valence-corrected chi connectivity index (χ0v) is 9.90. The average molecular weight is 224 g/mol. The minimum atomic E-state index is 0.127. The smallest absolute Gasteiger partial charge is 0.131 e. The van der Waals surface area contributed by atoms with Crippen LogP contribution in [0.4, 0.5) is 11.6 Å². The summed E-state index contributed by atoms with van der Waals surface area (Å²) in [4.78, 5) is 7.90. The van der Waals surface area contributed by atoms with E-state index >= 15 is 0 Å². The van der Waals surface area contributed by atoms with Crippen molar-refractivity contribution in [3.63, 3.8) is 0 Å². The maximum Gasteiger partial charge on any atom is 0.131 e. The van der Waals surface area contributed by atoms with Crippen LogP contribution < -0.4 is 11.1 Å². The van der Waals surface area contributed by atoms with Gasteiger partial charge in [0.2, 0.25) is 0 Å². The largest absolute Gasteiger partial charge is 0.396 e. The normalized spacial score (nSPS) is 11.4. The predicted molar refractivity (Wildman–Crippen MR) is 65.0 cm³/mol. The molecule has 1 rings (SSSR count). The Bertz CT molecular complexity index is 328. The Morgan fingerprint density at radius 3 is 2.81 bits per heavy atom. The second kappa shape index (κ2) is 5.65. The molecule has 0 saturated carbocycles. The summed E-state index contributed by atoms with van der Waals surface area (Å²) < 4.78 is 0. The van der Waals surface area contributed by atoms with E-state index in [9.17, 15) is 0 Å². The molecule has 1 heterocycles. The molecule has 0 aliphatic heterocycles. The lowest BCUT2D eigenvalue weighted by Crippen LogP contribution is -2.23. The quantitative estimate of drug-likeness (QED) is 0.677. The standard InChI is InChI=1S/C11H20N4O/c1-11(2,4-3-5-16)7-13-10-6-9(12)14-8-15-10/h6,8,16H,3-5,7H2,1-2H3,(H3,12,13,14,15). The Morgan fingerprint density at radius 2 is 2.19 bits per heavy atom. The molecule has 0 aliphatic rings. The van der Waals surface area contributed by atoms with Gasteiger partial charge in [-0.3, -0.25) is 0 Å². The van der Waals surface area contributed by atoms with Crippen LogP contribution in [0.5, 0.6) is 0 Å². The Labute approximate surface area is 96.1 Å². The van der Waals surface area contributed by atoms with Gasteiger partial charge in [0, 0.05) is 19.2 Å². The molecular formula is C11H20N4O. The van der Waals surface area contributed by atoms with Gasteiger partial charge >= 0.3 is 0 Å². The van der Waals surface area contributed by atoms with E-state index in [1.54, 1.807) is 6.07 Å². The maximum absolute atomic E-state index is 8.79. The average Bonchev–Trinajstić information content (AvgIpc) is 2.24. The first-order chi connectivity index (χ1) is 7.53. The van der Waals surface area contributed by atoms with Gasteiger partial charge in [0.25, 0.3) is 0 Å². The molecule has 0 aromatic carbocycles. The van der Waals surface area contributed by atoms with Crippen LogP contribution in [-0.4, -0.2) is 28.2 Å². The van der Waals surface area contributed by atoms with Crippen LogP contribution in [0.1, 0.15) is 26.7 Å². The summed E-state index contributed by atoms with van der Waals surface area (Å²) in [7, 11) is 0. The Hall–Kier alpha value is -1.36. The van der Waals surface area contributed by atoms with E-state index in [0.29, 0.717) is 5.82 Å². The van der Waals surface area contributed by atoms with E-state index in [0.717, 1.165) is 25.2 Å². The van der Waals surface area contributed by atoms with Crippen molar-refractivity contribution < 1.29 is 5.11 Å². The fourth-order valence-corrected chi connectivity index (χ4v) is 1.44. The number of aliphatic hydroxyl groups is 1. The number of aliphatic hydroxyl groups excluding tert-OH is 1. The van der Waals surface area contributed by atoms with Crippen LogP contribution in [0.2, 0.25) is 0 Å². The van der Waals surface area contributed by atoms with Gasteiger partial charge in [-0.1, -0.05) is 13.8 Å². The number of hydrogen-bond donors (Lipinski definition) is 3. The van der Waals surface area contributed by atoms with Crippen molar-refractivity contribution in [2.75, 3.05) is 24.2 Å². The highest BCUT2D eigenvalue weighted by Crippen LogP contribution is 2.22. The molecule has 0 aliphatic carbocycles. The SMILES string of the molecule is CC(C)(CCCO)CNc1cc(N)ncn1. The van der Waals surface area contributed by atoms with Crippen LogP contribution in [0, 0.1) is 5.41 Å². The van der Waals surface area contributed by atoms with Gasteiger partial charge in [0.15, 0.2) is 0 Å². The third kappa shape index (κ3) is 4.44. The van der Waals surface area contributed by atoms with Crippen LogP contribution in [0.3, 0.4) is 0 Å². The molecule has 4 N–H and O–H groups in total. The molecule has 0 atom stereocenters. The first kappa shape index (κ1) is 12.7. The van der Waals surface area contributed by atoms with Crippen molar-refractivity contribution in [3.05, 3.63) is 12.4 Å². The molecule has 0 bridgehead atoms. The Balaban J connectivity index is 2.44. The second-order valence-corrected chi connectivity index (χ2v) is 4.67. The van der Waals surface area contributed by atoms with Gasteiger partial charge in [-0.2, -0.15) is 0 Å². The van der Waals surface area contributed by atoms with Crippen molar-refractivity contribution in [3.8, 4) is 0 Å². The van der Waals surface area contributed by atoms with Crippen molar-refractivity contribution >= 4 is 11.6 Å². The van der Waals surface area contributed by atoms with Crippen molar-refractivity contribution in [1.82, 2.24) is 9.97 Å². The highest BCUT2D eigenvalue weighted by molar-refractivity contribution is 5.43. The molecule has 0 saturated heterocycles. The molecule has 5 nitrogen and oxygen atoms in total. The summed E-state index contributed by atoms with van der Waals surface area (Å²) in [6.45, 7) is 5.34. The molecule has 0 spiro atoms. The van der Waals surface area contributed by atoms with E-state index < -0.39 is 0 Å². The van der Waals surface area contributed by atoms with Gasteiger partial charge in [-0.15, -0.1) is 0 Å². The fourth-order valence-electron chi connectivity index (χ4n) is 1.44. The molecule has 16 heavy (non-hydrogen) atoms. The van der Waals surface area contributed by atoms with Gasteiger partial charge in [-0.25, -0.2) is 9.97 Å². The van der Waals surface area contributed by atoms with E-state index in [-0.39, 0.29) is 12.0 Å². The van der Waals surface area contributed by atoms with Gasteiger partial charge in [0.1, 0.15) is 18.0 Å². The number of nitrogen functional groups attached to an aromatic ring is 1. The Kier molecular flexibility index (Phi) is 4.49. The molecule has 0 amide bonds. The lowest BCUT2D eigenvalue weighted by Gasteiger charge is -2.24. The van der Waals surface area contributed by atoms with E-state index in [2.05, 4.69) is 29.1 Å². The molecule has 1 aromatic heterocycles. The van der Waals surface area contributed by atoms with Gasteiger partial charge < -0.3 is 16.2 Å². The monoisotopic (exact) mass is 224 g/mol. The minimum absolute atomic E-state index is 0.127.